The van der Waals surface area contributed by atoms with E-state index >= 15 is 0 Å². The average Bonchev–Trinajstić information content (AvgIpc) is 3.21. The van der Waals surface area contributed by atoms with Crippen LogP contribution in [0.3, 0.4) is 0 Å². The summed E-state index contributed by atoms with van der Waals surface area (Å²) < 4.78 is 46.7. The molecular formula is C15H15Cl2F3N6O. The topological polar surface area (TPSA) is 81.7 Å². The van der Waals surface area contributed by atoms with Crippen LogP contribution in [0.25, 0.3) is 17.3 Å². The van der Waals surface area contributed by atoms with E-state index in [2.05, 4.69) is 25.5 Å². The molecule has 0 aliphatic carbocycles. The summed E-state index contributed by atoms with van der Waals surface area (Å²) >= 11 is 5.96. The van der Waals surface area contributed by atoms with Crippen molar-refractivity contribution in [1.82, 2.24) is 30.2 Å². The van der Waals surface area contributed by atoms with E-state index < -0.39 is 11.9 Å². The summed E-state index contributed by atoms with van der Waals surface area (Å²) in [5, 5.41) is 10.5. The summed E-state index contributed by atoms with van der Waals surface area (Å²) in [6, 6.07) is 2.98. The predicted molar refractivity (Wildman–Crippen MR) is 94.1 cm³/mol. The lowest BCUT2D eigenvalue weighted by molar-refractivity contribution is -0.142. The number of hydrogen-bond acceptors (Lipinski definition) is 6. The molecule has 12 heteroatoms. The summed E-state index contributed by atoms with van der Waals surface area (Å²) in [5.74, 6) is -0.121. The molecule has 146 valence electrons. The van der Waals surface area contributed by atoms with E-state index in [1.54, 1.807) is 7.05 Å². The molecule has 0 aliphatic rings. The van der Waals surface area contributed by atoms with Gasteiger partial charge in [0.15, 0.2) is 17.3 Å². The average molecular weight is 423 g/mol. The molecule has 0 bridgehead atoms. The van der Waals surface area contributed by atoms with Gasteiger partial charge in [0.1, 0.15) is 0 Å². The van der Waals surface area contributed by atoms with Gasteiger partial charge in [-0.2, -0.15) is 23.3 Å². The normalized spacial score (nSPS) is 12.7. The van der Waals surface area contributed by atoms with Crippen LogP contribution in [0.15, 0.2) is 29.0 Å². The zero-order valence-electron chi connectivity index (χ0n) is 14.2. The van der Waals surface area contributed by atoms with Crippen molar-refractivity contribution in [3.8, 4) is 17.3 Å². The van der Waals surface area contributed by atoms with Crippen LogP contribution in [0.5, 0.6) is 0 Å². The lowest BCUT2D eigenvalue weighted by Gasteiger charge is -2.11. The molecule has 7 nitrogen and oxygen atoms in total. The van der Waals surface area contributed by atoms with E-state index in [9.17, 15) is 13.2 Å². The number of rotatable bonds is 5. The Morgan fingerprint density at radius 1 is 1.37 bits per heavy atom. The van der Waals surface area contributed by atoms with Crippen LogP contribution in [-0.2, 0) is 12.6 Å². The Morgan fingerprint density at radius 3 is 2.74 bits per heavy atom. The first kappa shape index (κ1) is 21.1. The molecular weight excluding hydrogens is 408 g/mol. The number of likely N-dealkylation sites (N-methyl/N-ethyl adjacent to an activating group) is 1. The van der Waals surface area contributed by atoms with Gasteiger partial charge in [-0.3, -0.25) is 0 Å². The van der Waals surface area contributed by atoms with Crippen LogP contribution in [0, 0.1) is 0 Å². The van der Waals surface area contributed by atoms with E-state index in [0.29, 0.717) is 16.9 Å². The van der Waals surface area contributed by atoms with Crippen molar-refractivity contribution < 1.29 is 17.7 Å². The highest BCUT2D eigenvalue weighted by atomic mass is 35.5. The quantitative estimate of drug-likeness (QED) is 0.676. The molecule has 1 N–H and O–H groups in total. The Hall–Kier alpha value is -2.17. The molecule has 1 atom stereocenters. The van der Waals surface area contributed by atoms with Gasteiger partial charge in [0, 0.05) is 18.7 Å². The number of nitrogens with zero attached hydrogens (tertiary/aromatic N) is 5. The van der Waals surface area contributed by atoms with Crippen molar-refractivity contribution in [2.75, 3.05) is 7.05 Å². The summed E-state index contributed by atoms with van der Waals surface area (Å²) in [6.07, 6.45) is -2.00. The van der Waals surface area contributed by atoms with E-state index in [0.717, 1.165) is 6.20 Å². The zero-order valence-corrected chi connectivity index (χ0v) is 15.7. The predicted octanol–water partition coefficient (Wildman–Crippen LogP) is 3.56. The van der Waals surface area contributed by atoms with E-state index in [1.807, 2.05) is 6.92 Å². The highest BCUT2D eigenvalue weighted by molar-refractivity contribution is 6.32. The Labute approximate surface area is 163 Å². The van der Waals surface area contributed by atoms with Crippen molar-refractivity contribution >= 4 is 24.0 Å². The lowest BCUT2D eigenvalue weighted by Crippen LogP contribution is -2.24. The maximum Gasteiger partial charge on any atom is 0.434 e. The number of nitrogens with one attached hydrogen (secondary N) is 1. The van der Waals surface area contributed by atoms with Gasteiger partial charge in [-0.25, -0.2) is 9.67 Å². The third-order valence-electron chi connectivity index (χ3n) is 3.66. The van der Waals surface area contributed by atoms with E-state index in [1.165, 1.54) is 18.3 Å². The Balaban J connectivity index is 0.00000261. The summed E-state index contributed by atoms with van der Waals surface area (Å²) in [5.41, 5.74) is -1.43. The monoisotopic (exact) mass is 422 g/mol. The van der Waals surface area contributed by atoms with Crippen molar-refractivity contribution in [2.45, 2.75) is 25.6 Å². The van der Waals surface area contributed by atoms with Crippen LogP contribution < -0.4 is 5.32 Å². The minimum atomic E-state index is -4.74. The van der Waals surface area contributed by atoms with Gasteiger partial charge >= 0.3 is 6.18 Å². The Morgan fingerprint density at radius 2 is 2.11 bits per heavy atom. The standard InChI is InChI=1S/C15H14ClF3N6O.ClH/c1-8(20-2)6-11-23-14(26-24-11)9-7-22-25(12(9)15(17,18)19)13-10(16)4-3-5-21-13;/h3-5,7-8,20H,6H2,1-2H3;1H. The third kappa shape index (κ3) is 4.40. The molecule has 0 radical (unpaired) electrons. The van der Waals surface area contributed by atoms with Crippen LogP contribution >= 0.6 is 24.0 Å². The smallest absolute Gasteiger partial charge is 0.334 e. The maximum absolute atomic E-state index is 13.7. The third-order valence-corrected chi connectivity index (χ3v) is 3.95. The molecule has 0 aliphatic heterocycles. The molecule has 0 fully saturated rings. The molecule has 0 amide bonds. The molecule has 3 aromatic heterocycles. The van der Waals surface area contributed by atoms with Crippen LogP contribution in [-0.4, -0.2) is 38.0 Å². The minimum Gasteiger partial charge on any atom is -0.334 e. The molecule has 0 saturated carbocycles. The minimum absolute atomic E-state index is 0. The van der Waals surface area contributed by atoms with Crippen molar-refractivity contribution in [3.63, 3.8) is 0 Å². The molecule has 0 aromatic carbocycles. The van der Waals surface area contributed by atoms with Crippen LogP contribution in [0.4, 0.5) is 13.2 Å². The van der Waals surface area contributed by atoms with Gasteiger partial charge in [-0.1, -0.05) is 16.8 Å². The van der Waals surface area contributed by atoms with Gasteiger partial charge in [-0.05, 0) is 26.1 Å². The fourth-order valence-corrected chi connectivity index (χ4v) is 2.50. The van der Waals surface area contributed by atoms with Gasteiger partial charge in [0.05, 0.1) is 16.8 Å². The van der Waals surface area contributed by atoms with E-state index in [-0.39, 0.29) is 40.7 Å². The fourth-order valence-electron chi connectivity index (χ4n) is 2.29. The van der Waals surface area contributed by atoms with Crippen molar-refractivity contribution in [2.24, 2.45) is 0 Å². The molecule has 1 unspecified atom stereocenters. The van der Waals surface area contributed by atoms with E-state index in [4.69, 9.17) is 16.1 Å². The first-order valence-electron chi connectivity index (χ1n) is 7.57. The number of aromatic nitrogens is 5. The van der Waals surface area contributed by atoms with Gasteiger partial charge < -0.3 is 9.84 Å². The van der Waals surface area contributed by atoms with Crippen molar-refractivity contribution in [1.29, 1.82) is 0 Å². The molecule has 27 heavy (non-hydrogen) atoms. The number of pyridine rings is 1. The first-order valence-corrected chi connectivity index (χ1v) is 7.95. The Bertz CT molecular complexity index is 911. The SMILES string of the molecule is CNC(C)Cc1noc(-c2cnn(-c3ncccc3Cl)c2C(F)(F)F)n1.Cl. The zero-order chi connectivity index (χ0) is 18.9. The van der Waals surface area contributed by atoms with Crippen molar-refractivity contribution in [3.05, 3.63) is 41.1 Å². The largest absolute Gasteiger partial charge is 0.434 e. The molecule has 3 aromatic rings. The second kappa shape index (κ2) is 8.24. The van der Waals surface area contributed by atoms with Crippen LogP contribution in [0.2, 0.25) is 5.02 Å². The van der Waals surface area contributed by atoms with Gasteiger partial charge in [0.25, 0.3) is 5.89 Å². The maximum atomic E-state index is 13.7. The van der Waals surface area contributed by atoms with Gasteiger partial charge in [0.2, 0.25) is 0 Å². The molecule has 3 heterocycles. The van der Waals surface area contributed by atoms with Gasteiger partial charge in [-0.15, -0.1) is 12.4 Å². The molecule has 0 spiro atoms. The molecule has 3 rings (SSSR count). The highest BCUT2D eigenvalue weighted by Crippen LogP contribution is 2.38. The molecule has 0 saturated heterocycles. The lowest BCUT2D eigenvalue weighted by atomic mass is 10.2. The number of alkyl halides is 3. The number of halogens is 5. The summed E-state index contributed by atoms with van der Waals surface area (Å²) in [7, 11) is 1.76. The number of hydrogen-bond donors (Lipinski definition) is 1. The summed E-state index contributed by atoms with van der Waals surface area (Å²) in [4.78, 5) is 7.93. The fraction of sp³-hybridized carbons (Fsp3) is 0.333. The Kier molecular flexibility index (Phi) is 6.45. The second-order valence-corrected chi connectivity index (χ2v) is 5.94. The second-order valence-electron chi connectivity index (χ2n) is 5.53. The summed E-state index contributed by atoms with van der Waals surface area (Å²) in [6.45, 7) is 1.89. The first-order chi connectivity index (χ1) is 12.3. The van der Waals surface area contributed by atoms with Crippen LogP contribution in [0.1, 0.15) is 18.4 Å². The highest BCUT2D eigenvalue weighted by Gasteiger charge is 2.41.